The number of imide groups is 1. The van der Waals surface area contributed by atoms with Crippen LogP contribution in [0.15, 0.2) is 0 Å². The molecule has 0 spiro atoms. The fraction of sp³-hybridized carbons (Fsp3) is 0.733. The number of ether oxygens (including phenoxy) is 2. The Balaban J connectivity index is 3.02. The van der Waals surface area contributed by atoms with Gasteiger partial charge in [-0.05, 0) is 40.5 Å². The summed E-state index contributed by atoms with van der Waals surface area (Å²) in [6.07, 6.45) is -0.225. The summed E-state index contributed by atoms with van der Waals surface area (Å²) >= 11 is 0. The lowest BCUT2D eigenvalue weighted by atomic mass is 9.90. The summed E-state index contributed by atoms with van der Waals surface area (Å²) in [5.41, 5.74) is -0.793. The Labute approximate surface area is 130 Å². The van der Waals surface area contributed by atoms with Crippen molar-refractivity contribution in [1.29, 1.82) is 5.26 Å². The molecule has 7 heteroatoms. The molecule has 1 fully saturated rings. The highest BCUT2D eigenvalue weighted by Gasteiger charge is 2.44. The number of esters is 1. The SMILES string of the molecule is CCOC(=O)[C@@H]1CCC(CC#N)C(=O)N1C(=O)OC(C)(C)C. The molecule has 1 saturated heterocycles. The highest BCUT2D eigenvalue weighted by Crippen LogP contribution is 2.28. The summed E-state index contributed by atoms with van der Waals surface area (Å²) in [6, 6.07) is 0.940. The van der Waals surface area contributed by atoms with Crippen LogP contribution < -0.4 is 0 Å². The van der Waals surface area contributed by atoms with E-state index in [1.54, 1.807) is 27.7 Å². The van der Waals surface area contributed by atoms with Crippen molar-refractivity contribution in [1.82, 2.24) is 4.90 Å². The topological polar surface area (TPSA) is 96.7 Å². The Morgan fingerprint density at radius 1 is 1.36 bits per heavy atom. The predicted molar refractivity (Wildman–Crippen MR) is 76.5 cm³/mol. The molecule has 2 atom stereocenters. The van der Waals surface area contributed by atoms with E-state index in [1.165, 1.54) is 0 Å². The third-order valence-corrected chi connectivity index (χ3v) is 3.17. The molecule has 7 nitrogen and oxygen atoms in total. The van der Waals surface area contributed by atoms with Crippen LogP contribution in [0, 0.1) is 17.2 Å². The first-order valence-electron chi connectivity index (χ1n) is 7.31. The zero-order chi connectivity index (χ0) is 16.9. The normalized spacial score (nSPS) is 22.0. The summed E-state index contributed by atoms with van der Waals surface area (Å²) in [4.78, 5) is 37.5. The van der Waals surface area contributed by atoms with Crippen LogP contribution in [0.5, 0.6) is 0 Å². The molecule has 122 valence electrons. The average molecular weight is 310 g/mol. The first kappa shape index (κ1) is 18.0. The number of carbonyl (C=O) groups excluding carboxylic acids is 3. The second-order valence-electron chi connectivity index (χ2n) is 6.09. The first-order chi connectivity index (χ1) is 10.2. The number of piperidine rings is 1. The lowest BCUT2D eigenvalue weighted by Crippen LogP contribution is -2.55. The summed E-state index contributed by atoms with van der Waals surface area (Å²) < 4.78 is 10.1. The first-order valence-corrected chi connectivity index (χ1v) is 7.31. The number of nitrogens with zero attached hydrogens (tertiary/aromatic N) is 2. The molecule has 22 heavy (non-hydrogen) atoms. The molecule has 2 amide bonds. The zero-order valence-corrected chi connectivity index (χ0v) is 13.4. The van der Waals surface area contributed by atoms with E-state index in [0.29, 0.717) is 6.42 Å². The van der Waals surface area contributed by atoms with Crippen molar-refractivity contribution in [3.63, 3.8) is 0 Å². The van der Waals surface area contributed by atoms with Crippen molar-refractivity contribution in [2.24, 2.45) is 5.92 Å². The van der Waals surface area contributed by atoms with Crippen LogP contribution in [-0.2, 0) is 19.1 Å². The molecule has 1 heterocycles. The fourth-order valence-electron chi connectivity index (χ4n) is 2.25. The van der Waals surface area contributed by atoms with E-state index in [-0.39, 0.29) is 19.4 Å². The maximum Gasteiger partial charge on any atom is 0.417 e. The molecule has 0 saturated carbocycles. The number of hydrogen-bond donors (Lipinski definition) is 0. The second-order valence-corrected chi connectivity index (χ2v) is 6.09. The van der Waals surface area contributed by atoms with Crippen LogP contribution in [0.2, 0.25) is 0 Å². The van der Waals surface area contributed by atoms with Crippen molar-refractivity contribution in [2.75, 3.05) is 6.61 Å². The Morgan fingerprint density at radius 3 is 2.50 bits per heavy atom. The van der Waals surface area contributed by atoms with E-state index in [1.807, 2.05) is 6.07 Å². The van der Waals surface area contributed by atoms with Crippen molar-refractivity contribution < 1.29 is 23.9 Å². The molecule has 0 aromatic heterocycles. The van der Waals surface area contributed by atoms with Gasteiger partial charge in [0.15, 0.2) is 0 Å². The van der Waals surface area contributed by atoms with Crippen LogP contribution >= 0.6 is 0 Å². The summed E-state index contributed by atoms with van der Waals surface area (Å²) in [5.74, 6) is -1.78. The van der Waals surface area contributed by atoms with Gasteiger partial charge in [-0.15, -0.1) is 0 Å². The maximum atomic E-state index is 12.4. The average Bonchev–Trinajstić information content (AvgIpc) is 2.39. The van der Waals surface area contributed by atoms with E-state index in [2.05, 4.69) is 0 Å². The Kier molecular flexibility index (Phi) is 5.92. The minimum Gasteiger partial charge on any atom is -0.464 e. The van der Waals surface area contributed by atoms with Crippen LogP contribution in [0.3, 0.4) is 0 Å². The standard InChI is InChI=1S/C15H22N2O5/c1-5-21-13(19)11-7-6-10(8-9-16)12(18)17(11)14(20)22-15(2,3)4/h10-11H,5-8H2,1-4H3/t10?,11-/m0/s1. The summed E-state index contributed by atoms with van der Waals surface area (Å²) in [6.45, 7) is 6.83. The van der Waals surface area contributed by atoms with E-state index < -0.39 is 35.5 Å². The van der Waals surface area contributed by atoms with Gasteiger partial charge < -0.3 is 9.47 Å². The van der Waals surface area contributed by atoms with Crippen molar-refractivity contribution in [3.05, 3.63) is 0 Å². The number of nitriles is 1. The number of likely N-dealkylation sites (tertiary alicyclic amines) is 1. The van der Waals surface area contributed by atoms with Gasteiger partial charge in [-0.3, -0.25) is 4.79 Å². The summed E-state index contributed by atoms with van der Waals surface area (Å²) in [7, 11) is 0. The van der Waals surface area contributed by atoms with Crippen LogP contribution in [0.1, 0.15) is 47.0 Å². The lowest BCUT2D eigenvalue weighted by molar-refractivity contribution is -0.158. The molecule has 0 radical (unpaired) electrons. The zero-order valence-electron chi connectivity index (χ0n) is 13.4. The van der Waals surface area contributed by atoms with Gasteiger partial charge in [0.25, 0.3) is 0 Å². The van der Waals surface area contributed by atoms with Crippen LogP contribution in [-0.4, -0.2) is 41.1 Å². The van der Waals surface area contributed by atoms with Crippen molar-refractivity contribution >= 4 is 18.0 Å². The molecule has 1 aliphatic heterocycles. The van der Waals surface area contributed by atoms with Crippen molar-refractivity contribution in [3.8, 4) is 6.07 Å². The number of amides is 2. The van der Waals surface area contributed by atoms with E-state index >= 15 is 0 Å². The van der Waals surface area contributed by atoms with Gasteiger partial charge >= 0.3 is 12.1 Å². The molecule has 0 aromatic rings. The monoisotopic (exact) mass is 310 g/mol. The molecule has 1 unspecified atom stereocenters. The highest BCUT2D eigenvalue weighted by atomic mass is 16.6. The van der Waals surface area contributed by atoms with Gasteiger partial charge in [0.1, 0.15) is 11.6 Å². The lowest BCUT2D eigenvalue weighted by Gasteiger charge is -2.36. The third kappa shape index (κ3) is 4.45. The van der Waals surface area contributed by atoms with Gasteiger partial charge in [0.05, 0.1) is 18.6 Å². The Bertz CT molecular complexity index is 489. The van der Waals surface area contributed by atoms with Crippen molar-refractivity contribution in [2.45, 2.75) is 58.6 Å². The Hall–Kier alpha value is -2.10. The van der Waals surface area contributed by atoms with E-state index in [9.17, 15) is 14.4 Å². The molecular formula is C15H22N2O5. The van der Waals surface area contributed by atoms with Gasteiger partial charge in [0.2, 0.25) is 5.91 Å². The van der Waals surface area contributed by atoms with Gasteiger partial charge in [-0.1, -0.05) is 0 Å². The molecule has 1 aliphatic rings. The van der Waals surface area contributed by atoms with E-state index in [4.69, 9.17) is 14.7 Å². The smallest absolute Gasteiger partial charge is 0.417 e. The molecule has 0 N–H and O–H groups in total. The van der Waals surface area contributed by atoms with Gasteiger partial charge in [-0.25, -0.2) is 14.5 Å². The number of rotatable bonds is 3. The minimum atomic E-state index is -0.989. The van der Waals surface area contributed by atoms with Crippen LogP contribution in [0.4, 0.5) is 4.79 Å². The fourth-order valence-corrected chi connectivity index (χ4v) is 2.25. The third-order valence-electron chi connectivity index (χ3n) is 3.17. The largest absolute Gasteiger partial charge is 0.464 e. The summed E-state index contributed by atoms with van der Waals surface area (Å²) in [5, 5.41) is 8.78. The molecule has 0 aromatic carbocycles. The van der Waals surface area contributed by atoms with Crippen LogP contribution in [0.25, 0.3) is 0 Å². The van der Waals surface area contributed by atoms with Gasteiger partial charge in [-0.2, -0.15) is 5.26 Å². The second kappa shape index (κ2) is 7.25. The molecule has 0 aliphatic carbocycles. The molecule has 0 bridgehead atoms. The number of hydrogen-bond acceptors (Lipinski definition) is 6. The minimum absolute atomic E-state index is 0.00762. The van der Waals surface area contributed by atoms with Gasteiger partial charge in [0, 0.05) is 6.42 Å². The number of carbonyl (C=O) groups is 3. The maximum absolute atomic E-state index is 12.4. The highest BCUT2D eigenvalue weighted by molar-refractivity contribution is 5.99. The van der Waals surface area contributed by atoms with E-state index in [0.717, 1.165) is 4.90 Å². The quantitative estimate of drug-likeness (QED) is 0.740. The molecule has 1 rings (SSSR count). The molecular weight excluding hydrogens is 288 g/mol. The predicted octanol–water partition coefficient (Wildman–Crippen LogP) is 2.01. The Morgan fingerprint density at radius 2 is 2.00 bits per heavy atom.